The average Bonchev–Trinajstić information content (AvgIpc) is 3.43. The largest absolute Gasteiger partial charge is 0.472 e. The van der Waals surface area contributed by atoms with Crippen molar-refractivity contribution in [2.75, 3.05) is 40.9 Å². The van der Waals surface area contributed by atoms with E-state index in [2.05, 4.69) is 141 Å². The maximum Gasteiger partial charge on any atom is 0.472 e. The quantitative estimate of drug-likeness (QED) is 0.0243. The van der Waals surface area contributed by atoms with E-state index in [9.17, 15) is 19.4 Å². The van der Waals surface area contributed by atoms with Crippen LogP contribution in [0, 0.1) is 0 Å². The summed E-state index contributed by atoms with van der Waals surface area (Å²) in [5.41, 5.74) is 0. The standard InChI is InChI=1S/C72H127N2O6P/c1-6-8-10-12-14-16-18-20-22-24-26-28-30-31-32-33-34-35-36-37-38-39-40-41-42-43-44-46-48-50-52-54-56-58-60-62-64-66-72(76)73-70(69-80-81(77,78)79-68-67-74(3,4)5)71(75)65-63-61-59-57-55-53-51-49-47-45-29-27-25-23-21-19-17-15-13-11-9-7-2/h8,10,14,16,20,22,26,28,31-32,34-35,37-38,40-41,43-44,48,50,70-71,75H,6-7,9,11-13,15,17-19,21,23-25,27,29-30,33,36,39,42,45-47,49,51-69H2,1-5H3,(H-,73,76,77,78)/p+1/b10-8-,16-14-,22-20-,28-26-,32-31-,35-34-,38-37-,41-40-,44-43-,50-48-. The highest BCUT2D eigenvalue weighted by atomic mass is 31.2. The summed E-state index contributed by atoms with van der Waals surface area (Å²) in [6.45, 7) is 4.78. The van der Waals surface area contributed by atoms with E-state index in [1.54, 1.807) is 0 Å². The van der Waals surface area contributed by atoms with Gasteiger partial charge in [0.2, 0.25) is 5.91 Å². The molecular formula is C72H128N2O6P+. The smallest absolute Gasteiger partial charge is 0.391 e. The predicted octanol–water partition coefficient (Wildman–Crippen LogP) is 21.3. The normalized spacial score (nSPS) is 14.5. The van der Waals surface area contributed by atoms with Crippen molar-refractivity contribution >= 4 is 13.7 Å². The van der Waals surface area contributed by atoms with Gasteiger partial charge in [-0.1, -0.05) is 302 Å². The van der Waals surface area contributed by atoms with E-state index in [0.717, 1.165) is 116 Å². The van der Waals surface area contributed by atoms with E-state index >= 15 is 0 Å². The van der Waals surface area contributed by atoms with Crippen LogP contribution in [0.1, 0.15) is 277 Å². The molecule has 0 radical (unpaired) electrons. The van der Waals surface area contributed by atoms with Crippen LogP contribution in [0.15, 0.2) is 122 Å². The Hall–Kier alpha value is -3.10. The molecule has 3 unspecified atom stereocenters. The van der Waals surface area contributed by atoms with Crippen molar-refractivity contribution in [3.05, 3.63) is 122 Å². The Bertz CT molecular complexity index is 1730. The summed E-state index contributed by atoms with van der Waals surface area (Å²) in [6, 6.07) is -0.779. The molecule has 0 saturated heterocycles. The minimum atomic E-state index is -4.34. The Kier molecular flexibility index (Phi) is 59.1. The highest BCUT2D eigenvalue weighted by Gasteiger charge is 2.28. The molecule has 3 atom stereocenters. The maximum absolute atomic E-state index is 13.1. The van der Waals surface area contributed by atoms with Crippen LogP contribution < -0.4 is 5.32 Å². The van der Waals surface area contributed by atoms with Crippen molar-refractivity contribution in [3.63, 3.8) is 0 Å². The third-order valence-corrected chi connectivity index (χ3v) is 15.5. The lowest BCUT2D eigenvalue weighted by molar-refractivity contribution is -0.870. The van der Waals surface area contributed by atoms with Crippen LogP contribution in [0.4, 0.5) is 0 Å². The molecule has 0 aliphatic heterocycles. The molecule has 0 aromatic carbocycles. The zero-order valence-corrected chi connectivity index (χ0v) is 54.1. The van der Waals surface area contributed by atoms with Crippen molar-refractivity contribution in [1.82, 2.24) is 5.32 Å². The molecule has 0 fully saturated rings. The number of phosphoric acid groups is 1. The SMILES string of the molecule is CC/C=C\C/C=C\C/C=C\C/C=C\C/C=C\C/C=C\C/C=C\C/C=C\C/C=C\C/C=C\CCCCCCCCC(=O)NC(COP(=O)(O)OCC[N+](C)(C)C)C(O)CCCCCCCCCCCCCCCCCCCCCCCC. The second kappa shape index (κ2) is 61.5. The molecule has 466 valence electrons. The highest BCUT2D eigenvalue weighted by Crippen LogP contribution is 2.43. The molecule has 0 rings (SSSR count). The van der Waals surface area contributed by atoms with Crippen molar-refractivity contribution in [2.24, 2.45) is 0 Å². The molecule has 81 heavy (non-hydrogen) atoms. The lowest BCUT2D eigenvalue weighted by Gasteiger charge is -2.26. The number of amides is 1. The van der Waals surface area contributed by atoms with Crippen LogP contribution in [0.25, 0.3) is 0 Å². The second-order valence-corrected chi connectivity index (χ2v) is 24.9. The number of quaternary nitrogens is 1. The minimum Gasteiger partial charge on any atom is -0.391 e. The average molecular weight is 1150 g/mol. The fraction of sp³-hybridized carbons (Fsp3) is 0.708. The number of nitrogens with one attached hydrogen (secondary N) is 1. The van der Waals surface area contributed by atoms with E-state index < -0.39 is 20.0 Å². The number of phosphoric ester groups is 1. The van der Waals surface area contributed by atoms with Crippen LogP contribution in [-0.2, 0) is 18.4 Å². The number of likely N-dealkylation sites (N-methyl/N-ethyl adjacent to an activating group) is 1. The van der Waals surface area contributed by atoms with E-state index in [1.165, 1.54) is 135 Å². The van der Waals surface area contributed by atoms with Crippen LogP contribution in [-0.4, -0.2) is 73.4 Å². The van der Waals surface area contributed by atoms with Gasteiger partial charge < -0.3 is 19.8 Å². The van der Waals surface area contributed by atoms with Crippen molar-refractivity contribution in [1.29, 1.82) is 0 Å². The lowest BCUT2D eigenvalue weighted by Crippen LogP contribution is -2.46. The summed E-state index contributed by atoms with van der Waals surface area (Å²) >= 11 is 0. The molecular weight excluding hydrogens is 1020 g/mol. The Morgan fingerprint density at radius 3 is 1.09 bits per heavy atom. The van der Waals surface area contributed by atoms with E-state index in [-0.39, 0.29) is 19.1 Å². The number of hydrogen-bond donors (Lipinski definition) is 3. The van der Waals surface area contributed by atoms with Gasteiger partial charge in [0.25, 0.3) is 0 Å². The van der Waals surface area contributed by atoms with E-state index in [1.807, 2.05) is 21.1 Å². The lowest BCUT2D eigenvalue weighted by atomic mass is 10.0. The topological polar surface area (TPSA) is 105 Å². The third kappa shape index (κ3) is 64.3. The molecule has 0 aliphatic carbocycles. The predicted molar refractivity (Wildman–Crippen MR) is 355 cm³/mol. The number of aliphatic hydroxyl groups excluding tert-OH is 1. The summed E-state index contributed by atoms with van der Waals surface area (Å²) < 4.78 is 23.8. The first kappa shape index (κ1) is 77.9. The van der Waals surface area contributed by atoms with Crippen molar-refractivity contribution in [3.8, 4) is 0 Å². The Labute approximate surface area is 501 Å². The van der Waals surface area contributed by atoms with Gasteiger partial charge >= 0.3 is 7.82 Å². The summed E-state index contributed by atoms with van der Waals surface area (Å²) in [6.07, 6.45) is 91.3. The number of rotatable bonds is 60. The number of carbonyl (C=O) groups excluding carboxylic acids is 1. The molecule has 0 heterocycles. The zero-order chi connectivity index (χ0) is 59.1. The molecule has 0 spiro atoms. The third-order valence-electron chi connectivity index (χ3n) is 14.5. The second-order valence-electron chi connectivity index (χ2n) is 23.5. The van der Waals surface area contributed by atoms with Crippen LogP contribution >= 0.6 is 7.82 Å². The Balaban J connectivity index is 4.17. The van der Waals surface area contributed by atoms with Gasteiger partial charge in [-0.05, 0) is 89.9 Å². The van der Waals surface area contributed by atoms with Gasteiger partial charge in [0.15, 0.2) is 0 Å². The first-order valence-electron chi connectivity index (χ1n) is 33.4. The summed E-state index contributed by atoms with van der Waals surface area (Å²) in [5, 5.41) is 14.1. The fourth-order valence-corrected chi connectivity index (χ4v) is 10.0. The first-order chi connectivity index (χ1) is 39.5. The zero-order valence-electron chi connectivity index (χ0n) is 53.2. The van der Waals surface area contributed by atoms with E-state index in [4.69, 9.17) is 9.05 Å². The number of aliphatic hydroxyl groups is 1. The molecule has 0 aromatic rings. The number of hydrogen-bond acceptors (Lipinski definition) is 5. The number of unbranched alkanes of at least 4 members (excludes halogenated alkanes) is 27. The van der Waals surface area contributed by atoms with Gasteiger partial charge in [0.1, 0.15) is 13.2 Å². The number of carbonyl (C=O) groups is 1. The van der Waals surface area contributed by atoms with Crippen LogP contribution in [0.3, 0.4) is 0 Å². The van der Waals surface area contributed by atoms with Gasteiger partial charge in [0, 0.05) is 6.42 Å². The van der Waals surface area contributed by atoms with Gasteiger partial charge in [0.05, 0.1) is 39.9 Å². The van der Waals surface area contributed by atoms with Crippen LogP contribution in [0.5, 0.6) is 0 Å². The van der Waals surface area contributed by atoms with Gasteiger partial charge in [-0.25, -0.2) is 4.57 Å². The monoisotopic (exact) mass is 1150 g/mol. The van der Waals surface area contributed by atoms with Crippen molar-refractivity contribution < 1.29 is 32.9 Å². The first-order valence-corrected chi connectivity index (χ1v) is 34.9. The van der Waals surface area contributed by atoms with Crippen molar-refractivity contribution in [2.45, 2.75) is 289 Å². The van der Waals surface area contributed by atoms with Gasteiger partial charge in [-0.15, -0.1) is 0 Å². The highest BCUT2D eigenvalue weighted by molar-refractivity contribution is 7.47. The molecule has 0 aliphatic rings. The number of nitrogens with zero attached hydrogens (tertiary/aromatic N) is 1. The maximum atomic E-state index is 13.1. The van der Waals surface area contributed by atoms with Gasteiger partial charge in [-0.2, -0.15) is 0 Å². The summed E-state index contributed by atoms with van der Waals surface area (Å²) in [5.74, 6) is -0.161. The molecule has 0 aromatic heterocycles. The minimum absolute atomic E-state index is 0.0659. The van der Waals surface area contributed by atoms with Crippen LogP contribution in [0.2, 0.25) is 0 Å². The Morgan fingerprint density at radius 2 is 0.741 bits per heavy atom. The number of allylic oxidation sites excluding steroid dienone is 20. The fourth-order valence-electron chi connectivity index (χ4n) is 9.31. The van der Waals surface area contributed by atoms with E-state index in [0.29, 0.717) is 23.9 Å². The Morgan fingerprint density at radius 1 is 0.432 bits per heavy atom. The molecule has 3 N–H and O–H groups in total. The molecule has 9 heteroatoms. The summed E-state index contributed by atoms with van der Waals surface area (Å²) in [4.78, 5) is 23.4. The van der Waals surface area contributed by atoms with Gasteiger partial charge in [-0.3, -0.25) is 13.8 Å². The molecule has 0 bridgehead atoms. The molecule has 8 nitrogen and oxygen atoms in total. The molecule has 0 saturated carbocycles. The summed E-state index contributed by atoms with van der Waals surface area (Å²) in [7, 11) is 1.59. The molecule has 1 amide bonds.